The molecule has 0 saturated heterocycles. The van der Waals surface area contributed by atoms with E-state index in [4.69, 9.17) is 0 Å². The Hall–Kier alpha value is -2.20. The van der Waals surface area contributed by atoms with E-state index in [-0.39, 0.29) is 5.91 Å². The smallest absolute Gasteiger partial charge is 0.256 e. The summed E-state index contributed by atoms with van der Waals surface area (Å²) in [6.07, 6.45) is 1.64. The van der Waals surface area contributed by atoms with Gasteiger partial charge in [-0.2, -0.15) is 0 Å². The average Bonchev–Trinajstić information content (AvgIpc) is 2.47. The number of nitrogens with zero attached hydrogens (tertiary/aromatic N) is 1. The van der Waals surface area contributed by atoms with Crippen molar-refractivity contribution in [3.63, 3.8) is 0 Å². The first-order valence-corrected chi connectivity index (χ1v) is 6.93. The van der Waals surface area contributed by atoms with E-state index in [0.29, 0.717) is 11.4 Å². The van der Waals surface area contributed by atoms with Crippen LogP contribution in [0.4, 0.5) is 5.82 Å². The molecule has 4 heteroatoms. The van der Waals surface area contributed by atoms with Crippen LogP contribution in [0.5, 0.6) is 0 Å². The SMILES string of the molecule is O=C(Nc1cc(Br)ccn1)c1ccc2ccccc2c1. The summed E-state index contributed by atoms with van der Waals surface area (Å²) in [4.78, 5) is 16.3. The Kier molecular flexibility index (Phi) is 3.48. The molecule has 1 aromatic heterocycles. The Morgan fingerprint density at radius 1 is 1.00 bits per heavy atom. The largest absolute Gasteiger partial charge is 0.307 e. The molecule has 0 bridgehead atoms. The molecule has 98 valence electrons. The van der Waals surface area contributed by atoms with Crippen LogP contribution in [-0.2, 0) is 0 Å². The van der Waals surface area contributed by atoms with Crippen LogP contribution in [0.15, 0.2) is 65.3 Å². The van der Waals surface area contributed by atoms with E-state index in [0.717, 1.165) is 15.2 Å². The van der Waals surface area contributed by atoms with Gasteiger partial charge in [0.2, 0.25) is 0 Å². The number of pyridine rings is 1. The summed E-state index contributed by atoms with van der Waals surface area (Å²) in [7, 11) is 0. The zero-order valence-corrected chi connectivity index (χ0v) is 12.1. The first-order valence-electron chi connectivity index (χ1n) is 6.14. The number of rotatable bonds is 2. The second-order valence-corrected chi connectivity index (χ2v) is 5.29. The third-order valence-corrected chi connectivity index (χ3v) is 3.47. The van der Waals surface area contributed by atoms with Gasteiger partial charge in [0.25, 0.3) is 5.91 Å². The molecule has 0 atom stereocenters. The number of carbonyl (C=O) groups is 1. The van der Waals surface area contributed by atoms with E-state index in [2.05, 4.69) is 26.2 Å². The lowest BCUT2D eigenvalue weighted by Crippen LogP contribution is -2.12. The quantitative estimate of drug-likeness (QED) is 0.764. The van der Waals surface area contributed by atoms with Crippen molar-refractivity contribution in [2.24, 2.45) is 0 Å². The van der Waals surface area contributed by atoms with Crippen molar-refractivity contribution in [1.82, 2.24) is 4.98 Å². The fourth-order valence-electron chi connectivity index (χ4n) is 1.99. The number of hydrogen-bond donors (Lipinski definition) is 1. The lowest BCUT2D eigenvalue weighted by atomic mass is 10.1. The van der Waals surface area contributed by atoms with Gasteiger partial charge < -0.3 is 5.32 Å². The van der Waals surface area contributed by atoms with Gasteiger partial charge in [-0.25, -0.2) is 4.98 Å². The standard InChI is InChI=1S/C16H11BrN2O/c17-14-7-8-18-15(10-14)19-16(20)13-6-5-11-3-1-2-4-12(11)9-13/h1-10H,(H,18,19,20). The molecule has 2 aromatic carbocycles. The van der Waals surface area contributed by atoms with Crippen LogP contribution in [0, 0.1) is 0 Å². The molecule has 0 spiro atoms. The van der Waals surface area contributed by atoms with Gasteiger partial charge in [0.05, 0.1) is 0 Å². The second kappa shape index (κ2) is 5.43. The minimum Gasteiger partial charge on any atom is -0.307 e. The number of halogens is 1. The Labute approximate surface area is 124 Å². The van der Waals surface area contributed by atoms with Crippen LogP contribution in [-0.4, -0.2) is 10.9 Å². The minimum absolute atomic E-state index is 0.165. The van der Waals surface area contributed by atoms with E-state index in [9.17, 15) is 4.79 Å². The zero-order chi connectivity index (χ0) is 13.9. The van der Waals surface area contributed by atoms with Gasteiger partial charge in [-0.3, -0.25) is 4.79 Å². The normalized spacial score (nSPS) is 10.4. The number of hydrogen-bond acceptors (Lipinski definition) is 2. The number of aromatic nitrogens is 1. The number of benzene rings is 2. The van der Waals surface area contributed by atoms with E-state index >= 15 is 0 Å². The third-order valence-electron chi connectivity index (χ3n) is 2.98. The highest BCUT2D eigenvalue weighted by atomic mass is 79.9. The lowest BCUT2D eigenvalue weighted by molar-refractivity contribution is 0.102. The van der Waals surface area contributed by atoms with Gasteiger partial charge in [-0.1, -0.05) is 46.3 Å². The zero-order valence-electron chi connectivity index (χ0n) is 10.5. The molecule has 1 amide bonds. The molecule has 3 rings (SSSR count). The van der Waals surface area contributed by atoms with Crippen molar-refractivity contribution >= 4 is 38.4 Å². The van der Waals surface area contributed by atoms with E-state index in [1.165, 1.54) is 0 Å². The number of anilines is 1. The fourth-order valence-corrected chi connectivity index (χ4v) is 2.33. The van der Waals surface area contributed by atoms with Gasteiger partial charge >= 0.3 is 0 Å². The Morgan fingerprint density at radius 3 is 2.60 bits per heavy atom. The summed E-state index contributed by atoms with van der Waals surface area (Å²) >= 11 is 3.35. The molecule has 20 heavy (non-hydrogen) atoms. The van der Waals surface area contributed by atoms with E-state index in [1.54, 1.807) is 12.3 Å². The van der Waals surface area contributed by atoms with Gasteiger partial charge in [0.15, 0.2) is 0 Å². The van der Waals surface area contributed by atoms with Gasteiger partial charge in [-0.05, 0) is 35.0 Å². The maximum atomic E-state index is 12.2. The molecule has 0 aliphatic rings. The van der Waals surface area contributed by atoms with Crippen molar-refractivity contribution in [3.8, 4) is 0 Å². The molecular weight excluding hydrogens is 316 g/mol. The van der Waals surface area contributed by atoms with Gasteiger partial charge in [0.1, 0.15) is 5.82 Å². The monoisotopic (exact) mass is 326 g/mol. The average molecular weight is 327 g/mol. The number of nitrogens with one attached hydrogen (secondary N) is 1. The highest BCUT2D eigenvalue weighted by molar-refractivity contribution is 9.10. The molecule has 0 unspecified atom stereocenters. The Morgan fingerprint density at radius 2 is 1.80 bits per heavy atom. The van der Waals surface area contributed by atoms with Crippen LogP contribution in [0.25, 0.3) is 10.8 Å². The van der Waals surface area contributed by atoms with Crippen molar-refractivity contribution in [2.75, 3.05) is 5.32 Å². The minimum atomic E-state index is -0.165. The molecule has 0 fully saturated rings. The summed E-state index contributed by atoms with van der Waals surface area (Å²) in [6.45, 7) is 0. The van der Waals surface area contributed by atoms with Crippen molar-refractivity contribution in [3.05, 3.63) is 70.8 Å². The highest BCUT2D eigenvalue weighted by Crippen LogP contribution is 2.17. The maximum Gasteiger partial charge on any atom is 0.256 e. The molecule has 1 N–H and O–H groups in total. The summed E-state index contributed by atoms with van der Waals surface area (Å²) in [6, 6.07) is 17.2. The maximum absolute atomic E-state index is 12.2. The summed E-state index contributed by atoms with van der Waals surface area (Å²) in [5, 5.41) is 4.94. The number of amides is 1. The number of carbonyl (C=O) groups excluding carboxylic acids is 1. The molecule has 0 radical (unpaired) electrons. The van der Waals surface area contributed by atoms with E-state index in [1.807, 2.05) is 48.5 Å². The lowest BCUT2D eigenvalue weighted by Gasteiger charge is -2.06. The van der Waals surface area contributed by atoms with Crippen molar-refractivity contribution < 1.29 is 4.79 Å². The van der Waals surface area contributed by atoms with Crippen LogP contribution in [0.1, 0.15) is 10.4 Å². The number of fused-ring (bicyclic) bond motifs is 1. The second-order valence-electron chi connectivity index (χ2n) is 4.38. The first-order chi connectivity index (χ1) is 9.72. The topological polar surface area (TPSA) is 42.0 Å². The first kappa shape index (κ1) is 12.8. The van der Waals surface area contributed by atoms with Crippen LogP contribution >= 0.6 is 15.9 Å². The van der Waals surface area contributed by atoms with Crippen molar-refractivity contribution in [2.45, 2.75) is 0 Å². The predicted octanol–water partition coefficient (Wildman–Crippen LogP) is 4.25. The van der Waals surface area contributed by atoms with E-state index < -0.39 is 0 Å². The predicted molar refractivity (Wildman–Crippen MR) is 83.8 cm³/mol. The molecule has 1 heterocycles. The van der Waals surface area contributed by atoms with Crippen LogP contribution in [0.2, 0.25) is 0 Å². The third kappa shape index (κ3) is 2.70. The Bertz CT molecular complexity index is 786. The molecule has 3 aromatic rings. The molecular formula is C16H11BrN2O. The van der Waals surface area contributed by atoms with Gasteiger partial charge in [-0.15, -0.1) is 0 Å². The van der Waals surface area contributed by atoms with Crippen molar-refractivity contribution in [1.29, 1.82) is 0 Å². The van der Waals surface area contributed by atoms with Crippen LogP contribution in [0.3, 0.4) is 0 Å². The molecule has 0 aliphatic carbocycles. The summed E-state index contributed by atoms with van der Waals surface area (Å²) in [5.74, 6) is 0.360. The molecule has 0 aliphatic heterocycles. The van der Waals surface area contributed by atoms with Crippen LogP contribution < -0.4 is 5.32 Å². The van der Waals surface area contributed by atoms with Gasteiger partial charge in [0, 0.05) is 16.2 Å². The molecule has 0 saturated carbocycles. The fraction of sp³-hybridized carbons (Fsp3) is 0. The Balaban J connectivity index is 1.88. The highest BCUT2D eigenvalue weighted by Gasteiger charge is 2.07. The summed E-state index contributed by atoms with van der Waals surface area (Å²) in [5.41, 5.74) is 0.616. The summed E-state index contributed by atoms with van der Waals surface area (Å²) < 4.78 is 0.876. The molecule has 3 nitrogen and oxygen atoms in total.